The third kappa shape index (κ3) is 3.23. The summed E-state index contributed by atoms with van der Waals surface area (Å²) in [4.78, 5) is 0. The first-order chi connectivity index (χ1) is 8.61. The fourth-order valence-corrected chi connectivity index (χ4v) is 3.00. The summed E-state index contributed by atoms with van der Waals surface area (Å²) >= 11 is 0. The fourth-order valence-electron chi connectivity index (χ4n) is 3.00. The van der Waals surface area contributed by atoms with E-state index in [1.165, 1.54) is 0 Å². The highest BCUT2D eigenvalue weighted by Gasteiger charge is 2.40. The monoisotopic (exact) mass is 257 g/mol. The molecule has 2 unspecified atom stereocenters. The summed E-state index contributed by atoms with van der Waals surface area (Å²) in [6.07, 6.45) is 5.04. The number of aliphatic hydroxyl groups excluding tert-OH is 1. The first-order valence-corrected chi connectivity index (χ1v) is 7.22. The SMILES string of the molecule is CCC(C)(CO)NC1CCOC2(CCOCC2)C1. The molecule has 2 aliphatic rings. The lowest BCUT2D eigenvalue weighted by Crippen LogP contribution is -2.56. The van der Waals surface area contributed by atoms with Gasteiger partial charge in [0.15, 0.2) is 0 Å². The van der Waals surface area contributed by atoms with Gasteiger partial charge in [-0.2, -0.15) is 0 Å². The van der Waals surface area contributed by atoms with Crippen molar-refractivity contribution < 1.29 is 14.6 Å². The van der Waals surface area contributed by atoms with Crippen LogP contribution in [0.1, 0.15) is 46.0 Å². The van der Waals surface area contributed by atoms with E-state index < -0.39 is 0 Å². The summed E-state index contributed by atoms with van der Waals surface area (Å²) in [5, 5.41) is 13.1. The van der Waals surface area contributed by atoms with Crippen molar-refractivity contribution in [2.24, 2.45) is 0 Å². The van der Waals surface area contributed by atoms with E-state index in [4.69, 9.17) is 9.47 Å². The molecule has 0 aromatic carbocycles. The summed E-state index contributed by atoms with van der Waals surface area (Å²) in [5.74, 6) is 0. The molecule has 0 bridgehead atoms. The Bertz CT molecular complexity index is 254. The van der Waals surface area contributed by atoms with Crippen LogP contribution in [0.5, 0.6) is 0 Å². The van der Waals surface area contributed by atoms with Crippen molar-refractivity contribution >= 4 is 0 Å². The maximum absolute atomic E-state index is 9.50. The third-order valence-electron chi connectivity index (χ3n) is 4.58. The van der Waals surface area contributed by atoms with Crippen LogP contribution in [0.4, 0.5) is 0 Å². The standard InChI is InChI=1S/C14H27NO3/c1-3-13(2,11-16)15-12-4-7-18-14(10-12)5-8-17-9-6-14/h12,15-16H,3-11H2,1-2H3. The van der Waals surface area contributed by atoms with Crippen LogP contribution in [-0.4, -0.2) is 48.7 Å². The highest BCUT2D eigenvalue weighted by atomic mass is 16.5. The fraction of sp³-hybridized carbons (Fsp3) is 1.00. The van der Waals surface area contributed by atoms with Crippen molar-refractivity contribution in [3.63, 3.8) is 0 Å². The lowest BCUT2D eigenvalue weighted by molar-refractivity contribution is -0.142. The van der Waals surface area contributed by atoms with E-state index in [1.807, 2.05) is 0 Å². The predicted octanol–water partition coefficient (Wildman–Crippen LogP) is 1.47. The Hall–Kier alpha value is -0.160. The number of aliphatic hydroxyl groups is 1. The van der Waals surface area contributed by atoms with E-state index in [0.29, 0.717) is 6.04 Å². The molecule has 18 heavy (non-hydrogen) atoms. The summed E-state index contributed by atoms with van der Waals surface area (Å²) in [5.41, 5.74) is -0.132. The van der Waals surface area contributed by atoms with Crippen LogP contribution in [0.2, 0.25) is 0 Å². The molecule has 2 rings (SSSR count). The maximum Gasteiger partial charge on any atom is 0.0741 e. The molecule has 2 atom stereocenters. The van der Waals surface area contributed by atoms with Crippen molar-refractivity contribution in [3.05, 3.63) is 0 Å². The van der Waals surface area contributed by atoms with Crippen LogP contribution in [0.15, 0.2) is 0 Å². The minimum Gasteiger partial charge on any atom is -0.394 e. The molecule has 0 amide bonds. The minimum absolute atomic E-state index is 0.0261. The second-order valence-electron chi connectivity index (χ2n) is 6.05. The van der Waals surface area contributed by atoms with Gasteiger partial charge in [0.2, 0.25) is 0 Å². The van der Waals surface area contributed by atoms with E-state index in [-0.39, 0.29) is 17.7 Å². The van der Waals surface area contributed by atoms with Gasteiger partial charge in [-0.15, -0.1) is 0 Å². The maximum atomic E-state index is 9.50. The highest BCUT2D eigenvalue weighted by Crippen LogP contribution is 2.34. The molecular weight excluding hydrogens is 230 g/mol. The molecule has 2 N–H and O–H groups in total. The topological polar surface area (TPSA) is 50.7 Å². The number of hydrogen-bond acceptors (Lipinski definition) is 4. The number of nitrogens with one attached hydrogen (secondary N) is 1. The van der Waals surface area contributed by atoms with Crippen molar-refractivity contribution in [3.8, 4) is 0 Å². The molecule has 1 spiro atoms. The predicted molar refractivity (Wildman–Crippen MR) is 70.7 cm³/mol. The second-order valence-corrected chi connectivity index (χ2v) is 6.05. The number of hydrogen-bond donors (Lipinski definition) is 2. The van der Waals surface area contributed by atoms with Gasteiger partial charge in [-0.05, 0) is 39.0 Å². The van der Waals surface area contributed by atoms with E-state index in [2.05, 4.69) is 19.2 Å². The molecule has 0 radical (unpaired) electrons. The normalized spacial score (nSPS) is 31.2. The molecular formula is C14H27NO3. The van der Waals surface area contributed by atoms with Gasteiger partial charge in [0.1, 0.15) is 0 Å². The van der Waals surface area contributed by atoms with Crippen molar-refractivity contribution in [1.82, 2.24) is 5.32 Å². The lowest BCUT2D eigenvalue weighted by Gasteiger charge is -2.45. The Morgan fingerprint density at radius 1 is 1.33 bits per heavy atom. The molecule has 2 heterocycles. The van der Waals surface area contributed by atoms with Crippen molar-refractivity contribution in [2.75, 3.05) is 26.4 Å². The average Bonchev–Trinajstić information content (AvgIpc) is 2.39. The van der Waals surface area contributed by atoms with Crippen LogP contribution >= 0.6 is 0 Å². The van der Waals surface area contributed by atoms with Gasteiger partial charge in [0.05, 0.1) is 12.2 Å². The molecule has 2 aliphatic heterocycles. The van der Waals surface area contributed by atoms with Crippen LogP contribution in [-0.2, 0) is 9.47 Å². The Balaban J connectivity index is 1.94. The van der Waals surface area contributed by atoms with E-state index in [1.54, 1.807) is 0 Å². The summed E-state index contributed by atoms with van der Waals surface area (Å²) < 4.78 is 11.5. The number of rotatable bonds is 4. The van der Waals surface area contributed by atoms with Gasteiger partial charge >= 0.3 is 0 Å². The molecule has 0 aliphatic carbocycles. The Morgan fingerprint density at radius 3 is 2.67 bits per heavy atom. The van der Waals surface area contributed by atoms with Gasteiger partial charge in [-0.3, -0.25) is 0 Å². The van der Waals surface area contributed by atoms with E-state index >= 15 is 0 Å². The molecule has 2 fully saturated rings. The molecule has 4 nitrogen and oxygen atoms in total. The molecule has 0 aromatic heterocycles. The first kappa shape index (κ1) is 14.3. The molecule has 4 heteroatoms. The van der Waals surface area contributed by atoms with Gasteiger partial charge in [0, 0.05) is 31.4 Å². The largest absolute Gasteiger partial charge is 0.394 e. The van der Waals surface area contributed by atoms with Crippen molar-refractivity contribution in [2.45, 2.75) is 63.1 Å². The Morgan fingerprint density at radius 2 is 2.06 bits per heavy atom. The van der Waals surface area contributed by atoms with E-state index in [9.17, 15) is 5.11 Å². The van der Waals surface area contributed by atoms with Crippen LogP contribution in [0.3, 0.4) is 0 Å². The summed E-state index contributed by atoms with van der Waals surface area (Å²) in [6, 6.07) is 0.453. The highest BCUT2D eigenvalue weighted by molar-refractivity contribution is 4.94. The molecule has 0 saturated carbocycles. The zero-order chi connectivity index (χ0) is 13.1. The molecule has 106 valence electrons. The van der Waals surface area contributed by atoms with Crippen molar-refractivity contribution in [1.29, 1.82) is 0 Å². The zero-order valence-electron chi connectivity index (χ0n) is 11.7. The smallest absolute Gasteiger partial charge is 0.0741 e. The quantitative estimate of drug-likeness (QED) is 0.800. The third-order valence-corrected chi connectivity index (χ3v) is 4.58. The van der Waals surface area contributed by atoms with Crippen LogP contribution in [0, 0.1) is 0 Å². The average molecular weight is 257 g/mol. The first-order valence-electron chi connectivity index (χ1n) is 7.22. The zero-order valence-corrected chi connectivity index (χ0v) is 11.7. The van der Waals surface area contributed by atoms with Gasteiger partial charge in [0.25, 0.3) is 0 Å². The Labute approximate surface area is 110 Å². The summed E-state index contributed by atoms with van der Waals surface area (Å²) in [6.45, 7) is 6.86. The lowest BCUT2D eigenvalue weighted by atomic mass is 9.83. The van der Waals surface area contributed by atoms with Gasteiger partial charge in [-0.1, -0.05) is 6.92 Å². The van der Waals surface area contributed by atoms with Gasteiger partial charge < -0.3 is 19.9 Å². The van der Waals surface area contributed by atoms with Crippen LogP contribution < -0.4 is 5.32 Å². The van der Waals surface area contributed by atoms with Crippen LogP contribution in [0.25, 0.3) is 0 Å². The summed E-state index contributed by atoms with van der Waals surface area (Å²) in [7, 11) is 0. The molecule has 2 saturated heterocycles. The Kier molecular flexibility index (Phi) is 4.64. The van der Waals surface area contributed by atoms with E-state index in [0.717, 1.165) is 51.9 Å². The second kappa shape index (κ2) is 5.87. The minimum atomic E-state index is -0.158. The molecule has 0 aromatic rings. The van der Waals surface area contributed by atoms with Gasteiger partial charge in [-0.25, -0.2) is 0 Å². The number of ether oxygens (including phenoxy) is 2.